The van der Waals surface area contributed by atoms with Crippen molar-refractivity contribution in [1.29, 1.82) is 0 Å². The van der Waals surface area contributed by atoms with E-state index in [9.17, 15) is 29.7 Å². The molecule has 0 aliphatic heterocycles. The molecule has 2 aromatic carbocycles. The highest BCUT2D eigenvalue weighted by Gasteiger charge is 2.16. The van der Waals surface area contributed by atoms with E-state index in [1.54, 1.807) is 12.1 Å². The van der Waals surface area contributed by atoms with Gasteiger partial charge in [0.05, 0.1) is 0 Å². The number of esters is 3. The third-order valence-electron chi connectivity index (χ3n) is 3.87. The van der Waals surface area contributed by atoms with Gasteiger partial charge >= 0.3 is 17.9 Å². The monoisotopic (exact) mass is 442 g/mol. The van der Waals surface area contributed by atoms with Crippen LogP contribution in [0.25, 0.3) is 12.2 Å². The zero-order valence-electron chi connectivity index (χ0n) is 17.1. The first-order chi connectivity index (χ1) is 15.2. The molecule has 0 fully saturated rings. The van der Waals surface area contributed by atoms with Crippen molar-refractivity contribution < 1.29 is 43.9 Å². The molecule has 0 bridgehead atoms. The van der Waals surface area contributed by atoms with Crippen molar-refractivity contribution in [3.05, 3.63) is 65.7 Å². The summed E-state index contributed by atoms with van der Waals surface area (Å²) in [5, 5.41) is 27.9. The molecule has 32 heavy (non-hydrogen) atoms. The van der Waals surface area contributed by atoms with Gasteiger partial charge in [-0.2, -0.15) is 0 Å². The summed E-state index contributed by atoms with van der Waals surface area (Å²) in [5.41, 5.74) is 1.11. The van der Waals surface area contributed by atoms with E-state index in [-0.39, 0.29) is 30.5 Å². The number of phenols is 3. The average molecular weight is 442 g/mol. The van der Waals surface area contributed by atoms with Crippen molar-refractivity contribution in [2.24, 2.45) is 0 Å². The fourth-order valence-electron chi connectivity index (χ4n) is 2.36. The number of hydrogen-bond acceptors (Lipinski definition) is 9. The van der Waals surface area contributed by atoms with Crippen LogP contribution in [0.15, 0.2) is 54.6 Å². The quantitative estimate of drug-likeness (QED) is 0.231. The van der Waals surface area contributed by atoms with Crippen molar-refractivity contribution in [1.82, 2.24) is 0 Å². The SMILES string of the molecule is CC(=O)OC(COC(=O)/C=C/c1ccc(O)cc1)COC(=O)/C=C/c1ccc(O)c(O)c1. The lowest BCUT2D eigenvalue weighted by Crippen LogP contribution is -2.29. The van der Waals surface area contributed by atoms with Gasteiger partial charge in [-0.15, -0.1) is 0 Å². The Morgan fingerprint density at radius 2 is 1.34 bits per heavy atom. The van der Waals surface area contributed by atoms with E-state index < -0.39 is 24.0 Å². The van der Waals surface area contributed by atoms with Gasteiger partial charge in [0.2, 0.25) is 0 Å². The topological polar surface area (TPSA) is 140 Å². The number of rotatable bonds is 9. The number of carbonyl (C=O) groups excluding carboxylic acids is 3. The molecule has 0 heterocycles. The number of aromatic hydroxyl groups is 3. The fraction of sp³-hybridized carbons (Fsp3) is 0.174. The average Bonchev–Trinajstić information content (AvgIpc) is 2.75. The van der Waals surface area contributed by atoms with Crippen LogP contribution >= 0.6 is 0 Å². The fourth-order valence-corrected chi connectivity index (χ4v) is 2.36. The highest BCUT2D eigenvalue weighted by atomic mass is 16.6. The largest absolute Gasteiger partial charge is 0.508 e. The first-order valence-corrected chi connectivity index (χ1v) is 9.41. The van der Waals surface area contributed by atoms with Crippen LogP contribution in [-0.2, 0) is 28.6 Å². The maximum Gasteiger partial charge on any atom is 0.330 e. The zero-order chi connectivity index (χ0) is 23.5. The Hall–Kier alpha value is -4.27. The van der Waals surface area contributed by atoms with Crippen LogP contribution in [0, 0.1) is 0 Å². The summed E-state index contributed by atoms with van der Waals surface area (Å²) in [6.07, 6.45) is 4.08. The van der Waals surface area contributed by atoms with E-state index in [1.807, 2.05) is 0 Å². The van der Waals surface area contributed by atoms with E-state index >= 15 is 0 Å². The standard InChI is InChI=1S/C23H22O9/c1-15(24)32-19(13-30-22(28)10-5-16-2-7-18(25)8-3-16)14-31-23(29)11-6-17-4-9-20(26)21(27)12-17/h2-12,19,25-27H,13-14H2,1H3/b10-5+,11-6+. The summed E-state index contributed by atoms with van der Waals surface area (Å²) in [6.45, 7) is 0.484. The van der Waals surface area contributed by atoms with E-state index in [2.05, 4.69) is 0 Å². The Bertz CT molecular complexity index is 1010. The molecule has 0 saturated heterocycles. The second kappa shape index (κ2) is 11.8. The number of carbonyl (C=O) groups is 3. The first-order valence-electron chi connectivity index (χ1n) is 9.41. The maximum absolute atomic E-state index is 11.9. The molecule has 2 aromatic rings. The molecule has 0 saturated carbocycles. The number of phenolic OH excluding ortho intramolecular Hbond substituents is 3. The summed E-state index contributed by atoms with van der Waals surface area (Å²) in [4.78, 5) is 35.0. The van der Waals surface area contributed by atoms with Crippen LogP contribution in [0.1, 0.15) is 18.1 Å². The van der Waals surface area contributed by atoms with Gasteiger partial charge in [0.25, 0.3) is 0 Å². The van der Waals surface area contributed by atoms with Crippen molar-refractivity contribution in [2.75, 3.05) is 13.2 Å². The van der Waals surface area contributed by atoms with Gasteiger partial charge < -0.3 is 29.5 Å². The van der Waals surface area contributed by atoms with E-state index in [4.69, 9.17) is 14.2 Å². The Labute approximate surface area is 183 Å². The molecule has 1 unspecified atom stereocenters. The van der Waals surface area contributed by atoms with Crippen molar-refractivity contribution in [2.45, 2.75) is 13.0 Å². The van der Waals surface area contributed by atoms with Crippen LogP contribution in [0.4, 0.5) is 0 Å². The molecule has 3 N–H and O–H groups in total. The minimum absolute atomic E-state index is 0.0968. The highest BCUT2D eigenvalue weighted by Crippen LogP contribution is 2.25. The third kappa shape index (κ3) is 8.62. The van der Waals surface area contributed by atoms with E-state index in [0.717, 1.165) is 6.08 Å². The molecule has 2 rings (SSSR count). The smallest absolute Gasteiger partial charge is 0.330 e. The Morgan fingerprint density at radius 1 is 0.812 bits per heavy atom. The Kier molecular flexibility index (Phi) is 8.85. The molecular weight excluding hydrogens is 420 g/mol. The summed E-state index contributed by atoms with van der Waals surface area (Å²) in [5.74, 6) is -2.63. The van der Waals surface area contributed by atoms with Crippen molar-refractivity contribution >= 4 is 30.1 Å². The minimum Gasteiger partial charge on any atom is -0.508 e. The first kappa shape index (κ1) is 24.0. The second-order valence-corrected chi connectivity index (χ2v) is 6.50. The van der Waals surface area contributed by atoms with Crippen LogP contribution in [0.3, 0.4) is 0 Å². The van der Waals surface area contributed by atoms with Gasteiger partial charge in [-0.1, -0.05) is 18.2 Å². The van der Waals surface area contributed by atoms with Gasteiger partial charge in [0.15, 0.2) is 17.6 Å². The number of hydrogen-bond donors (Lipinski definition) is 3. The summed E-state index contributed by atoms with van der Waals surface area (Å²) in [7, 11) is 0. The number of ether oxygens (including phenoxy) is 3. The molecule has 0 amide bonds. The minimum atomic E-state index is -1.01. The van der Waals surface area contributed by atoms with Crippen LogP contribution in [0.5, 0.6) is 17.2 Å². The van der Waals surface area contributed by atoms with Gasteiger partial charge in [-0.25, -0.2) is 9.59 Å². The van der Waals surface area contributed by atoms with Crippen molar-refractivity contribution in [3.8, 4) is 17.2 Å². The van der Waals surface area contributed by atoms with Gasteiger partial charge in [0.1, 0.15) is 19.0 Å². The van der Waals surface area contributed by atoms with Gasteiger partial charge in [-0.3, -0.25) is 4.79 Å². The lowest BCUT2D eigenvalue weighted by Gasteiger charge is -2.16. The Balaban J connectivity index is 1.85. The molecule has 168 valence electrons. The van der Waals surface area contributed by atoms with Crippen molar-refractivity contribution in [3.63, 3.8) is 0 Å². The summed E-state index contributed by atoms with van der Waals surface area (Å²) in [6, 6.07) is 10.1. The van der Waals surface area contributed by atoms with E-state index in [0.29, 0.717) is 11.1 Å². The predicted octanol–water partition coefficient (Wildman–Crippen LogP) is 2.55. The van der Waals surface area contributed by atoms with Crippen LogP contribution < -0.4 is 0 Å². The Morgan fingerprint density at radius 3 is 1.88 bits per heavy atom. The maximum atomic E-state index is 11.9. The molecule has 0 aromatic heterocycles. The normalized spacial score (nSPS) is 11.9. The third-order valence-corrected chi connectivity index (χ3v) is 3.87. The molecule has 9 nitrogen and oxygen atoms in total. The molecule has 1 atom stereocenters. The second-order valence-electron chi connectivity index (χ2n) is 6.50. The highest BCUT2D eigenvalue weighted by molar-refractivity contribution is 5.87. The van der Waals surface area contributed by atoms with Crippen LogP contribution in [-0.4, -0.2) is 52.5 Å². The molecule has 0 aliphatic rings. The molecule has 9 heteroatoms. The van der Waals surface area contributed by atoms with Crippen LogP contribution in [0.2, 0.25) is 0 Å². The molecule has 0 spiro atoms. The van der Waals surface area contributed by atoms with E-state index in [1.165, 1.54) is 55.5 Å². The molecule has 0 radical (unpaired) electrons. The molecule has 0 aliphatic carbocycles. The molecular formula is C23H22O9. The summed E-state index contributed by atoms with van der Waals surface area (Å²) < 4.78 is 15.0. The number of benzene rings is 2. The van der Waals surface area contributed by atoms with Gasteiger partial charge in [0, 0.05) is 19.1 Å². The summed E-state index contributed by atoms with van der Waals surface area (Å²) >= 11 is 0. The lowest BCUT2D eigenvalue weighted by atomic mass is 10.2. The zero-order valence-corrected chi connectivity index (χ0v) is 17.1. The lowest BCUT2D eigenvalue weighted by molar-refractivity contribution is -0.162. The predicted molar refractivity (Wildman–Crippen MR) is 113 cm³/mol. The van der Waals surface area contributed by atoms with Gasteiger partial charge in [-0.05, 0) is 47.5 Å².